The van der Waals surface area contributed by atoms with Gasteiger partial charge in [-0.3, -0.25) is 4.98 Å². The van der Waals surface area contributed by atoms with E-state index >= 15 is 0 Å². The van der Waals surface area contributed by atoms with Gasteiger partial charge in [0.1, 0.15) is 0 Å². The Kier molecular flexibility index (Phi) is 4.70. The molecule has 0 amide bonds. The van der Waals surface area contributed by atoms with Gasteiger partial charge in [0.15, 0.2) is 0 Å². The highest BCUT2D eigenvalue weighted by Crippen LogP contribution is 2.14. The Morgan fingerprint density at radius 3 is 2.45 bits per heavy atom. The molecule has 6 heteroatoms. The van der Waals surface area contributed by atoms with Crippen molar-refractivity contribution in [2.24, 2.45) is 0 Å². The van der Waals surface area contributed by atoms with E-state index in [9.17, 15) is 8.42 Å². The fraction of sp³-hybridized carbons (Fsp3) is 0.214. The number of rotatable bonds is 6. The predicted octanol–water partition coefficient (Wildman–Crippen LogP) is 1.99. The SMILES string of the molecule is CCNS(=O)(=O)c1ccc(NCc2ccccn2)cc1. The van der Waals surface area contributed by atoms with Crippen LogP contribution in [0.4, 0.5) is 5.69 Å². The molecule has 5 nitrogen and oxygen atoms in total. The number of benzene rings is 1. The van der Waals surface area contributed by atoms with Crippen molar-refractivity contribution in [1.82, 2.24) is 9.71 Å². The molecule has 1 heterocycles. The van der Waals surface area contributed by atoms with Crippen molar-refractivity contribution in [1.29, 1.82) is 0 Å². The summed E-state index contributed by atoms with van der Waals surface area (Å²) in [6.45, 7) is 2.72. The van der Waals surface area contributed by atoms with Crippen molar-refractivity contribution in [2.45, 2.75) is 18.4 Å². The Morgan fingerprint density at radius 2 is 1.85 bits per heavy atom. The molecule has 0 aliphatic rings. The molecule has 2 N–H and O–H groups in total. The lowest BCUT2D eigenvalue weighted by Gasteiger charge is -2.08. The summed E-state index contributed by atoms with van der Waals surface area (Å²) in [6.07, 6.45) is 1.74. The van der Waals surface area contributed by atoms with Gasteiger partial charge in [0.25, 0.3) is 0 Å². The van der Waals surface area contributed by atoms with Crippen LogP contribution in [-0.4, -0.2) is 19.9 Å². The van der Waals surface area contributed by atoms with Crippen LogP contribution >= 0.6 is 0 Å². The molecule has 0 spiro atoms. The van der Waals surface area contributed by atoms with Crippen molar-refractivity contribution < 1.29 is 8.42 Å². The number of sulfonamides is 1. The van der Waals surface area contributed by atoms with Gasteiger partial charge in [0, 0.05) is 18.4 Å². The molecule has 2 aromatic rings. The molecule has 0 atom stereocenters. The van der Waals surface area contributed by atoms with E-state index < -0.39 is 10.0 Å². The number of nitrogens with one attached hydrogen (secondary N) is 2. The van der Waals surface area contributed by atoms with Crippen LogP contribution in [0.15, 0.2) is 53.6 Å². The van der Waals surface area contributed by atoms with Crippen LogP contribution in [0, 0.1) is 0 Å². The maximum atomic E-state index is 11.8. The minimum absolute atomic E-state index is 0.266. The molecule has 0 fully saturated rings. The van der Waals surface area contributed by atoms with Crippen LogP contribution in [-0.2, 0) is 16.6 Å². The Balaban J connectivity index is 2.02. The normalized spacial score (nSPS) is 11.2. The van der Waals surface area contributed by atoms with Gasteiger partial charge in [-0.2, -0.15) is 0 Å². The number of nitrogens with zero attached hydrogens (tertiary/aromatic N) is 1. The Bertz CT molecular complexity index is 640. The highest BCUT2D eigenvalue weighted by Gasteiger charge is 2.11. The molecule has 106 valence electrons. The monoisotopic (exact) mass is 291 g/mol. The molecule has 20 heavy (non-hydrogen) atoms. The lowest BCUT2D eigenvalue weighted by Crippen LogP contribution is -2.23. The molecule has 2 rings (SSSR count). The molecule has 0 aliphatic heterocycles. The maximum Gasteiger partial charge on any atom is 0.240 e. The molecular formula is C14H17N3O2S. The zero-order valence-electron chi connectivity index (χ0n) is 11.2. The van der Waals surface area contributed by atoms with Crippen LogP contribution in [0.3, 0.4) is 0 Å². The van der Waals surface area contributed by atoms with Crippen LogP contribution in [0.25, 0.3) is 0 Å². The number of pyridine rings is 1. The van der Waals surface area contributed by atoms with E-state index in [2.05, 4.69) is 15.0 Å². The fourth-order valence-corrected chi connectivity index (χ4v) is 2.76. The van der Waals surface area contributed by atoms with Crippen LogP contribution in [0.1, 0.15) is 12.6 Å². The Hall–Kier alpha value is -1.92. The summed E-state index contributed by atoms with van der Waals surface area (Å²) >= 11 is 0. The van der Waals surface area contributed by atoms with Gasteiger partial charge in [0.2, 0.25) is 10.0 Å². The first-order valence-corrected chi connectivity index (χ1v) is 7.83. The van der Waals surface area contributed by atoms with Gasteiger partial charge < -0.3 is 5.32 Å². The highest BCUT2D eigenvalue weighted by molar-refractivity contribution is 7.89. The molecule has 0 radical (unpaired) electrons. The van der Waals surface area contributed by atoms with Crippen molar-refractivity contribution in [3.8, 4) is 0 Å². The summed E-state index contributed by atoms with van der Waals surface area (Å²) in [5.74, 6) is 0. The zero-order valence-corrected chi connectivity index (χ0v) is 12.0. The third-order valence-corrected chi connectivity index (χ3v) is 4.26. The van der Waals surface area contributed by atoms with E-state index in [0.29, 0.717) is 13.1 Å². The van der Waals surface area contributed by atoms with Gasteiger partial charge >= 0.3 is 0 Å². The van der Waals surface area contributed by atoms with Crippen LogP contribution in [0.2, 0.25) is 0 Å². The molecule has 0 bridgehead atoms. The fourth-order valence-electron chi connectivity index (χ4n) is 1.72. The summed E-state index contributed by atoms with van der Waals surface area (Å²) in [5.41, 5.74) is 1.78. The smallest absolute Gasteiger partial charge is 0.240 e. The van der Waals surface area contributed by atoms with Crippen LogP contribution in [0.5, 0.6) is 0 Å². The van der Waals surface area contributed by atoms with E-state index in [0.717, 1.165) is 11.4 Å². The minimum Gasteiger partial charge on any atom is -0.379 e. The zero-order chi connectivity index (χ0) is 14.4. The number of aromatic nitrogens is 1. The third-order valence-electron chi connectivity index (χ3n) is 2.70. The summed E-state index contributed by atoms with van der Waals surface area (Å²) in [5, 5.41) is 3.19. The lowest BCUT2D eigenvalue weighted by atomic mass is 10.3. The van der Waals surface area contributed by atoms with Gasteiger partial charge in [-0.25, -0.2) is 13.1 Å². The van der Waals surface area contributed by atoms with Gasteiger partial charge in [-0.05, 0) is 36.4 Å². The molecule has 1 aromatic heterocycles. The van der Waals surface area contributed by atoms with E-state index in [1.54, 1.807) is 37.4 Å². The van der Waals surface area contributed by atoms with E-state index in [4.69, 9.17) is 0 Å². The Labute approximate surface area is 119 Å². The standard InChI is InChI=1S/C14H17N3O2S/c1-2-17-20(18,19)14-8-6-12(7-9-14)16-11-13-5-3-4-10-15-13/h3-10,16-17H,2,11H2,1H3. The largest absolute Gasteiger partial charge is 0.379 e. The van der Waals surface area contributed by atoms with Crippen molar-refractivity contribution in [2.75, 3.05) is 11.9 Å². The second-order valence-corrected chi connectivity index (χ2v) is 5.97. The van der Waals surface area contributed by atoms with Gasteiger partial charge in [-0.15, -0.1) is 0 Å². The van der Waals surface area contributed by atoms with E-state index in [-0.39, 0.29) is 4.90 Å². The van der Waals surface area contributed by atoms with E-state index in [1.165, 1.54) is 0 Å². The summed E-state index contributed by atoms with van der Waals surface area (Å²) in [6, 6.07) is 12.4. The molecule has 0 aliphatic carbocycles. The van der Waals surface area contributed by atoms with Gasteiger partial charge in [-0.1, -0.05) is 13.0 Å². The second kappa shape index (κ2) is 6.49. The number of hydrogen-bond acceptors (Lipinski definition) is 4. The quantitative estimate of drug-likeness (QED) is 0.854. The second-order valence-electron chi connectivity index (χ2n) is 4.20. The van der Waals surface area contributed by atoms with E-state index in [1.807, 2.05) is 18.2 Å². The summed E-state index contributed by atoms with van der Waals surface area (Å²) in [7, 11) is -3.38. The third kappa shape index (κ3) is 3.79. The molecular weight excluding hydrogens is 274 g/mol. The van der Waals surface area contributed by atoms with Crippen molar-refractivity contribution >= 4 is 15.7 Å². The van der Waals surface area contributed by atoms with Crippen molar-refractivity contribution in [3.63, 3.8) is 0 Å². The number of anilines is 1. The summed E-state index contributed by atoms with van der Waals surface area (Å²) in [4.78, 5) is 4.47. The maximum absolute atomic E-state index is 11.8. The van der Waals surface area contributed by atoms with Crippen LogP contribution < -0.4 is 10.0 Å². The summed E-state index contributed by atoms with van der Waals surface area (Å²) < 4.78 is 26.0. The minimum atomic E-state index is -3.38. The average molecular weight is 291 g/mol. The first-order valence-electron chi connectivity index (χ1n) is 6.35. The molecule has 0 saturated carbocycles. The first kappa shape index (κ1) is 14.5. The van der Waals surface area contributed by atoms with Crippen molar-refractivity contribution in [3.05, 3.63) is 54.4 Å². The first-order chi connectivity index (χ1) is 9.62. The molecule has 0 saturated heterocycles. The Morgan fingerprint density at radius 1 is 1.10 bits per heavy atom. The molecule has 1 aromatic carbocycles. The lowest BCUT2D eigenvalue weighted by molar-refractivity contribution is 0.584. The topological polar surface area (TPSA) is 71.1 Å². The highest BCUT2D eigenvalue weighted by atomic mass is 32.2. The average Bonchev–Trinajstić information content (AvgIpc) is 2.47. The number of hydrogen-bond donors (Lipinski definition) is 2. The molecule has 0 unspecified atom stereocenters. The predicted molar refractivity (Wildman–Crippen MR) is 78.9 cm³/mol. The van der Waals surface area contributed by atoms with Gasteiger partial charge in [0.05, 0.1) is 17.1 Å².